The smallest absolute Gasteiger partial charge is 0.781 e. The van der Waals surface area contributed by atoms with Crippen LogP contribution in [0, 0.1) is 6.92 Å². The summed E-state index contributed by atoms with van der Waals surface area (Å²) in [5.41, 5.74) is 5.07. The molecule has 94 valence electrons. The molecule has 2 aromatic rings. The molecule has 0 radical (unpaired) electrons. The molecular weight excluding hydrogens is 440 g/mol. The molecule has 3 N–H and O–H groups in total. The molecule has 0 fully saturated rings. The fourth-order valence-corrected chi connectivity index (χ4v) is 1.90. The zero-order valence-corrected chi connectivity index (χ0v) is 14.1. The van der Waals surface area contributed by atoms with Crippen LogP contribution in [0.5, 0.6) is 0 Å². The summed E-state index contributed by atoms with van der Waals surface area (Å²) in [5, 5.41) is 1.23. The minimum atomic E-state index is 0. The molecule has 0 unspecified atom stereocenters. The third kappa shape index (κ3) is 3.23. The molecular formula is C11H11ClN4SW. The van der Waals surface area contributed by atoms with Crippen molar-refractivity contribution in [3.63, 3.8) is 0 Å². The molecule has 18 heavy (non-hydrogen) atoms. The Morgan fingerprint density at radius 2 is 2.33 bits per heavy atom. The van der Waals surface area contributed by atoms with Crippen LogP contribution >= 0.6 is 11.6 Å². The van der Waals surface area contributed by atoms with Crippen LogP contribution < -0.4 is 5.43 Å². The monoisotopic (exact) mass is 450 g/mol. The maximum Gasteiger partial charge on any atom is 2.00 e. The molecule has 0 saturated heterocycles. The molecule has 0 aromatic carbocycles. The van der Waals surface area contributed by atoms with Crippen LogP contribution in [0.1, 0.15) is 11.1 Å². The maximum absolute atomic E-state index is 6.94. The Labute approximate surface area is 130 Å². The molecule has 7 heteroatoms. The quantitative estimate of drug-likeness (QED) is 0.429. The van der Waals surface area contributed by atoms with E-state index in [-0.39, 0.29) is 26.2 Å². The Morgan fingerprint density at radius 1 is 1.61 bits per heavy atom. The largest absolute Gasteiger partial charge is 2.00 e. The minimum Gasteiger partial charge on any atom is -0.781 e. The first-order chi connectivity index (χ1) is 8.11. The van der Waals surface area contributed by atoms with Crippen molar-refractivity contribution in [1.29, 1.82) is 0 Å². The first kappa shape index (κ1) is 15.4. The standard InChI is InChI=1S/C11H12ClN4S.W/c1-6-2-8-7(3-9(17)10(12)16-13)5-15-11(8)14-4-6;/h2,4-5,13,16-17H,3H2,1H3,(H,14,15);/q-1;+2/p-1/b10-9+;. The molecule has 2 rings (SSSR count). The number of rotatable bonds is 3. The molecule has 2 heterocycles. The minimum absolute atomic E-state index is 0. The van der Waals surface area contributed by atoms with Gasteiger partial charge in [0.15, 0.2) is 0 Å². The van der Waals surface area contributed by atoms with Gasteiger partial charge < -0.3 is 28.9 Å². The van der Waals surface area contributed by atoms with E-state index >= 15 is 0 Å². The number of halogens is 1. The van der Waals surface area contributed by atoms with E-state index in [9.17, 15) is 0 Å². The molecule has 0 aliphatic heterocycles. The van der Waals surface area contributed by atoms with Gasteiger partial charge in [-0.15, -0.1) is 0 Å². The van der Waals surface area contributed by atoms with Crippen molar-refractivity contribution >= 4 is 35.3 Å². The van der Waals surface area contributed by atoms with Gasteiger partial charge in [0.05, 0.1) is 5.16 Å². The Hall–Kier alpha value is -0.612. The van der Waals surface area contributed by atoms with Gasteiger partial charge >= 0.3 is 21.1 Å². The van der Waals surface area contributed by atoms with Crippen molar-refractivity contribution in [3.05, 3.63) is 45.5 Å². The number of pyridine rings is 1. The van der Waals surface area contributed by atoms with E-state index in [4.69, 9.17) is 30.1 Å². The number of hydrogen-bond acceptors (Lipinski definition) is 3. The maximum atomic E-state index is 6.94. The van der Waals surface area contributed by atoms with Gasteiger partial charge in [0.1, 0.15) is 5.65 Å². The zero-order chi connectivity index (χ0) is 12.4. The number of nitrogens with one attached hydrogen (secondary N) is 3. The van der Waals surface area contributed by atoms with Crippen LogP contribution in [0.2, 0.25) is 0 Å². The van der Waals surface area contributed by atoms with Gasteiger partial charge in [-0.3, -0.25) is 0 Å². The fourth-order valence-electron chi connectivity index (χ4n) is 1.63. The molecule has 4 nitrogen and oxygen atoms in total. The van der Waals surface area contributed by atoms with E-state index in [2.05, 4.69) is 21.5 Å². The Kier molecular flexibility index (Phi) is 5.60. The fraction of sp³-hybridized carbons (Fsp3) is 0.182. The number of aryl methyl sites for hydroxylation is 1. The second kappa shape index (κ2) is 6.52. The van der Waals surface area contributed by atoms with Crippen LogP contribution in [0.4, 0.5) is 0 Å². The summed E-state index contributed by atoms with van der Waals surface area (Å²) < 4.78 is 0. The van der Waals surface area contributed by atoms with Crippen LogP contribution in [0.25, 0.3) is 16.9 Å². The van der Waals surface area contributed by atoms with Crippen LogP contribution in [0.3, 0.4) is 0 Å². The summed E-state index contributed by atoms with van der Waals surface area (Å²) in [6, 6.07) is 2.05. The molecule has 0 aliphatic rings. The van der Waals surface area contributed by atoms with Crippen LogP contribution in [0.15, 0.2) is 28.5 Å². The van der Waals surface area contributed by atoms with Crippen molar-refractivity contribution in [2.75, 3.05) is 0 Å². The summed E-state index contributed by atoms with van der Waals surface area (Å²) >= 11 is 10.9. The van der Waals surface area contributed by atoms with Crippen LogP contribution in [-0.2, 0) is 40.1 Å². The summed E-state index contributed by atoms with van der Waals surface area (Å²) in [7, 11) is 0. The number of H-pyrrole nitrogens is 1. The molecule has 0 aliphatic carbocycles. The van der Waals surface area contributed by atoms with E-state index in [1.165, 1.54) is 0 Å². The molecule has 0 spiro atoms. The van der Waals surface area contributed by atoms with E-state index in [1.807, 2.05) is 19.3 Å². The molecule has 0 atom stereocenters. The van der Waals surface area contributed by atoms with Gasteiger partial charge in [-0.1, -0.05) is 11.6 Å². The Morgan fingerprint density at radius 3 is 3.00 bits per heavy atom. The van der Waals surface area contributed by atoms with Gasteiger partial charge in [0, 0.05) is 17.8 Å². The first-order valence-corrected chi connectivity index (χ1v) is 5.81. The third-order valence-electron chi connectivity index (χ3n) is 2.46. The number of fused-ring (bicyclic) bond motifs is 1. The van der Waals surface area contributed by atoms with Gasteiger partial charge in [-0.2, -0.15) is 4.91 Å². The van der Waals surface area contributed by atoms with Crippen molar-refractivity contribution in [2.45, 2.75) is 13.3 Å². The topological polar surface area (TPSA) is 64.5 Å². The normalized spacial score (nSPS) is 11.9. The molecule has 0 amide bonds. The predicted molar refractivity (Wildman–Crippen MR) is 72.2 cm³/mol. The van der Waals surface area contributed by atoms with Gasteiger partial charge in [-0.25, -0.2) is 4.98 Å². The van der Waals surface area contributed by atoms with E-state index < -0.39 is 0 Å². The Bertz CT molecular complexity index is 581. The number of nitrogens with zero attached hydrogens (tertiary/aromatic N) is 1. The zero-order valence-electron chi connectivity index (χ0n) is 9.58. The number of allylic oxidation sites excluding steroid dienone is 1. The van der Waals surface area contributed by atoms with Gasteiger partial charge in [0.25, 0.3) is 0 Å². The molecule has 0 bridgehead atoms. The van der Waals surface area contributed by atoms with Crippen molar-refractivity contribution < 1.29 is 21.1 Å². The van der Waals surface area contributed by atoms with Crippen molar-refractivity contribution in [2.24, 2.45) is 0 Å². The number of aromatic nitrogens is 2. The summed E-state index contributed by atoms with van der Waals surface area (Å²) in [5.74, 6) is 6.94. The average Bonchev–Trinajstić information content (AvgIpc) is 2.71. The third-order valence-corrected chi connectivity index (χ3v) is 3.24. The van der Waals surface area contributed by atoms with E-state index in [0.29, 0.717) is 11.3 Å². The van der Waals surface area contributed by atoms with Crippen molar-refractivity contribution in [1.82, 2.24) is 15.4 Å². The summed E-state index contributed by atoms with van der Waals surface area (Å²) in [6.45, 7) is 1.99. The predicted octanol–water partition coefficient (Wildman–Crippen LogP) is 2.92. The van der Waals surface area contributed by atoms with E-state index in [0.717, 1.165) is 22.2 Å². The van der Waals surface area contributed by atoms with Gasteiger partial charge in [0.2, 0.25) is 0 Å². The Balaban J connectivity index is 0.00000162. The average molecular weight is 451 g/mol. The van der Waals surface area contributed by atoms with Crippen LogP contribution in [-0.4, -0.2) is 9.97 Å². The number of hydrogen-bond donors (Lipinski definition) is 2. The van der Waals surface area contributed by atoms with Gasteiger partial charge in [-0.05, 0) is 30.5 Å². The second-order valence-electron chi connectivity index (χ2n) is 3.76. The number of aromatic amines is 1. The first-order valence-electron chi connectivity index (χ1n) is 5.03. The van der Waals surface area contributed by atoms with E-state index in [1.54, 1.807) is 0 Å². The second-order valence-corrected chi connectivity index (χ2v) is 4.63. The molecule has 0 saturated carbocycles. The summed E-state index contributed by atoms with van der Waals surface area (Å²) in [4.78, 5) is 7.89. The van der Waals surface area contributed by atoms with Crippen molar-refractivity contribution in [3.8, 4) is 0 Å². The SMILES string of the molecule is Cc1cnc2[nH]cc(C/C([S-])=C(/Cl)N[NH-])c2c1.[W+2]. The molecule has 2 aromatic heterocycles. The summed E-state index contributed by atoms with van der Waals surface area (Å²) in [6.07, 6.45) is 4.20.